The third kappa shape index (κ3) is 2.96. The Kier molecular flexibility index (Phi) is 3.89. The number of rotatable bonds is 4. The monoisotopic (exact) mass is 200 g/mol. The molecule has 82 valence electrons. The van der Waals surface area contributed by atoms with E-state index in [0.717, 1.165) is 13.0 Å². The Morgan fingerprint density at radius 3 is 2.71 bits per heavy atom. The fourth-order valence-corrected chi connectivity index (χ4v) is 1.90. The summed E-state index contributed by atoms with van der Waals surface area (Å²) in [6.07, 6.45) is 1.25. The van der Waals surface area contributed by atoms with Crippen molar-refractivity contribution in [2.45, 2.75) is 44.9 Å². The van der Waals surface area contributed by atoms with Crippen LogP contribution in [0.4, 0.5) is 0 Å². The van der Waals surface area contributed by atoms with Crippen LogP contribution in [0.2, 0.25) is 0 Å². The second-order valence-electron chi connectivity index (χ2n) is 4.25. The molecule has 3 atom stereocenters. The van der Waals surface area contributed by atoms with E-state index in [1.807, 2.05) is 14.0 Å². The molecule has 0 radical (unpaired) electrons. The van der Waals surface area contributed by atoms with Crippen molar-refractivity contribution >= 4 is 5.91 Å². The fourth-order valence-electron chi connectivity index (χ4n) is 1.90. The second-order valence-corrected chi connectivity index (χ2v) is 4.25. The molecular weight excluding hydrogens is 180 g/mol. The van der Waals surface area contributed by atoms with Gasteiger partial charge in [0.1, 0.15) is 0 Å². The largest absolute Gasteiger partial charge is 0.393 e. The van der Waals surface area contributed by atoms with Gasteiger partial charge in [-0.25, -0.2) is 0 Å². The molecule has 0 aliphatic carbocycles. The lowest BCUT2D eigenvalue weighted by molar-refractivity contribution is -0.128. The molecule has 1 fully saturated rings. The summed E-state index contributed by atoms with van der Waals surface area (Å²) in [6.45, 7) is 4.59. The van der Waals surface area contributed by atoms with Crippen molar-refractivity contribution < 1.29 is 9.90 Å². The highest BCUT2D eigenvalue weighted by molar-refractivity contribution is 5.83. The zero-order valence-electron chi connectivity index (χ0n) is 9.16. The van der Waals surface area contributed by atoms with E-state index in [1.54, 1.807) is 11.8 Å². The van der Waals surface area contributed by atoms with Crippen LogP contribution < -0.4 is 5.32 Å². The van der Waals surface area contributed by atoms with Gasteiger partial charge in [0, 0.05) is 19.6 Å². The highest BCUT2D eigenvalue weighted by Crippen LogP contribution is 2.10. The lowest BCUT2D eigenvalue weighted by atomic mass is 10.1. The summed E-state index contributed by atoms with van der Waals surface area (Å²) in [6, 6.07) is 0.143. The molecule has 14 heavy (non-hydrogen) atoms. The highest BCUT2D eigenvalue weighted by atomic mass is 16.3. The van der Waals surface area contributed by atoms with E-state index in [4.69, 9.17) is 0 Å². The first-order chi connectivity index (χ1) is 6.50. The molecule has 0 aromatic heterocycles. The van der Waals surface area contributed by atoms with Crippen LogP contribution in [-0.2, 0) is 4.79 Å². The highest BCUT2D eigenvalue weighted by Gasteiger charge is 2.29. The number of hydrogen-bond acceptors (Lipinski definition) is 3. The Morgan fingerprint density at radius 1 is 1.64 bits per heavy atom. The molecule has 1 saturated heterocycles. The molecule has 0 aromatic rings. The molecule has 0 saturated carbocycles. The number of aliphatic hydroxyl groups is 1. The molecule has 4 nitrogen and oxygen atoms in total. The molecule has 1 aliphatic heterocycles. The molecule has 3 unspecified atom stereocenters. The van der Waals surface area contributed by atoms with Crippen LogP contribution in [-0.4, -0.2) is 47.7 Å². The predicted octanol–water partition coefficient (Wildman–Crippen LogP) is -0.0339. The van der Waals surface area contributed by atoms with Gasteiger partial charge >= 0.3 is 0 Å². The van der Waals surface area contributed by atoms with Crippen LogP contribution >= 0.6 is 0 Å². The van der Waals surface area contributed by atoms with Gasteiger partial charge in [0.25, 0.3) is 0 Å². The summed E-state index contributed by atoms with van der Waals surface area (Å²) < 4.78 is 0. The van der Waals surface area contributed by atoms with Gasteiger partial charge in [-0.05, 0) is 26.7 Å². The zero-order chi connectivity index (χ0) is 10.7. The van der Waals surface area contributed by atoms with E-state index in [9.17, 15) is 9.90 Å². The van der Waals surface area contributed by atoms with Gasteiger partial charge in [-0.15, -0.1) is 0 Å². The molecule has 0 aromatic carbocycles. The number of nitrogens with one attached hydrogen (secondary N) is 1. The minimum absolute atomic E-state index is 0.0475. The number of likely N-dealkylation sites (tertiary alicyclic amines) is 1. The van der Waals surface area contributed by atoms with Crippen molar-refractivity contribution in [3.63, 3.8) is 0 Å². The van der Waals surface area contributed by atoms with Crippen molar-refractivity contribution in [1.29, 1.82) is 0 Å². The number of nitrogens with zero attached hydrogens (tertiary/aromatic N) is 1. The maximum atomic E-state index is 11.5. The minimum atomic E-state index is -0.313. The molecule has 1 aliphatic rings. The Hall–Kier alpha value is -0.610. The van der Waals surface area contributed by atoms with Crippen LogP contribution in [0, 0.1) is 0 Å². The van der Waals surface area contributed by atoms with Gasteiger partial charge in [-0.2, -0.15) is 0 Å². The molecule has 1 heterocycles. The van der Waals surface area contributed by atoms with Crippen molar-refractivity contribution in [3.8, 4) is 0 Å². The molecular formula is C10H20N2O2. The van der Waals surface area contributed by atoms with Crippen LogP contribution in [0.15, 0.2) is 0 Å². The lowest BCUT2D eigenvalue weighted by Crippen LogP contribution is -2.42. The van der Waals surface area contributed by atoms with E-state index in [1.165, 1.54) is 0 Å². The minimum Gasteiger partial charge on any atom is -0.393 e. The van der Waals surface area contributed by atoms with E-state index in [0.29, 0.717) is 6.42 Å². The normalized spacial score (nSPS) is 26.7. The number of carbonyl (C=O) groups is 1. The molecule has 4 heteroatoms. The van der Waals surface area contributed by atoms with E-state index in [-0.39, 0.29) is 24.1 Å². The van der Waals surface area contributed by atoms with Crippen LogP contribution in [0.5, 0.6) is 0 Å². The Balaban J connectivity index is 2.34. The summed E-state index contributed by atoms with van der Waals surface area (Å²) in [5.74, 6) is 0.169. The summed E-state index contributed by atoms with van der Waals surface area (Å²) in [7, 11) is 1.82. The maximum Gasteiger partial charge on any atom is 0.239 e. The van der Waals surface area contributed by atoms with Crippen molar-refractivity contribution in [2.75, 3.05) is 13.6 Å². The van der Waals surface area contributed by atoms with Gasteiger partial charge in [0.15, 0.2) is 0 Å². The zero-order valence-corrected chi connectivity index (χ0v) is 9.16. The Morgan fingerprint density at radius 2 is 2.29 bits per heavy atom. The summed E-state index contributed by atoms with van der Waals surface area (Å²) in [5, 5.41) is 12.4. The average molecular weight is 200 g/mol. The van der Waals surface area contributed by atoms with Gasteiger partial charge in [0.05, 0.1) is 12.1 Å². The third-order valence-corrected chi connectivity index (χ3v) is 2.61. The van der Waals surface area contributed by atoms with Gasteiger partial charge in [0.2, 0.25) is 5.91 Å². The lowest BCUT2D eigenvalue weighted by Gasteiger charge is -2.19. The fraction of sp³-hybridized carbons (Fsp3) is 0.900. The smallest absolute Gasteiger partial charge is 0.239 e. The first kappa shape index (κ1) is 11.5. The molecule has 2 N–H and O–H groups in total. The van der Waals surface area contributed by atoms with Crippen LogP contribution in [0.25, 0.3) is 0 Å². The molecule has 1 amide bonds. The summed E-state index contributed by atoms with van der Waals surface area (Å²) >= 11 is 0. The number of amides is 1. The Bertz CT molecular complexity index is 206. The van der Waals surface area contributed by atoms with Gasteiger partial charge < -0.3 is 15.3 Å². The van der Waals surface area contributed by atoms with E-state index >= 15 is 0 Å². The van der Waals surface area contributed by atoms with Crippen molar-refractivity contribution in [1.82, 2.24) is 10.2 Å². The van der Waals surface area contributed by atoms with Crippen LogP contribution in [0.3, 0.4) is 0 Å². The second kappa shape index (κ2) is 4.75. The number of hydrogen-bond donors (Lipinski definition) is 2. The SMILES string of the molecule is CC(O)CC(C)NC1CCN(C)C1=O. The third-order valence-electron chi connectivity index (χ3n) is 2.61. The van der Waals surface area contributed by atoms with Crippen molar-refractivity contribution in [3.05, 3.63) is 0 Å². The topological polar surface area (TPSA) is 52.6 Å². The first-order valence-electron chi connectivity index (χ1n) is 5.19. The van der Waals surface area contributed by atoms with Crippen LogP contribution in [0.1, 0.15) is 26.7 Å². The standard InChI is InChI=1S/C10H20N2O2/c1-7(6-8(2)13)11-9-4-5-12(3)10(9)14/h7-9,11,13H,4-6H2,1-3H3. The first-order valence-corrected chi connectivity index (χ1v) is 5.19. The quantitative estimate of drug-likeness (QED) is 0.670. The van der Waals surface area contributed by atoms with Crippen molar-refractivity contribution in [2.24, 2.45) is 0 Å². The molecule has 0 bridgehead atoms. The Labute approximate surface area is 85.3 Å². The van der Waals surface area contributed by atoms with E-state index < -0.39 is 0 Å². The summed E-state index contributed by atoms with van der Waals surface area (Å²) in [5.41, 5.74) is 0. The molecule has 0 spiro atoms. The van der Waals surface area contributed by atoms with Gasteiger partial charge in [-0.3, -0.25) is 4.79 Å². The van der Waals surface area contributed by atoms with E-state index in [2.05, 4.69) is 5.32 Å². The average Bonchev–Trinajstić information content (AvgIpc) is 2.34. The number of carbonyl (C=O) groups excluding carboxylic acids is 1. The summed E-state index contributed by atoms with van der Waals surface area (Å²) in [4.78, 5) is 13.3. The maximum absolute atomic E-state index is 11.5. The predicted molar refractivity (Wildman–Crippen MR) is 54.9 cm³/mol. The number of likely N-dealkylation sites (N-methyl/N-ethyl adjacent to an activating group) is 1. The molecule has 1 rings (SSSR count). The van der Waals surface area contributed by atoms with Gasteiger partial charge in [-0.1, -0.05) is 0 Å². The number of aliphatic hydroxyl groups excluding tert-OH is 1.